The molecule has 0 unspecified atom stereocenters. The zero-order chi connectivity index (χ0) is 16.5. The molecule has 132 valence electrons. The van der Waals surface area contributed by atoms with E-state index in [1.54, 1.807) is 18.4 Å². The van der Waals surface area contributed by atoms with Crippen LogP contribution in [0, 0.1) is 6.92 Å². The molecule has 0 bridgehead atoms. The van der Waals surface area contributed by atoms with Crippen molar-refractivity contribution in [1.82, 2.24) is 15.6 Å². The highest BCUT2D eigenvalue weighted by atomic mass is 127. The van der Waals surface area contributed by atoms with Gasteiger partial charge in [-0.3, -0.25) is 4.99 Å². The normalized spacial score (nSPS) is 11.0. The molecule has 2 N–H and O–H groups in total. The largest absolute Gasteiger partial charge is 0.377 e. The van der Waals surface area contributed by atoms with Crippen molar-refractivity contribution in [2.75, 3.05) is 13.7 Å². The minimum absolute atomic E-state index is 0. The number of hydrogen-bond donors (Lipinski definition) is 2. The Labute approximate surface area is 165 Å². The molecule has 2 rings (SSSR count). The van der Waals surface area contributed by atoms with Gasteiger partial charge in [-0.2, -0.15) is 0 Å². The van der Waals surface area contributed by atoms with Crippen molar-refractivity contribution >= 4 is 41.3 Å². The summed E-state index contributed by atoms with van der Waals surface area (Å²) in [6.45, 7) is 6.88. The Kier molecular flexibility index (Phi) is 9.89. The van der Waals surface area contributed by atoms with Gasteiger partial charge in [0.2, 0.25) is 0 Å². The molecule has 5 nitrogen and oxygen atoms in total. The summed E-state index contributed by atoms with van der Waals surface area (Å²) in [6, 6.07) is 8.42. The SMILES string of the molecule is CCOCc1ccc(CNC(=NC)NCc2ncc(C)s2)cc1.I. The first-order valence-corrected chi connectivity index (χ1v) is 8.54. The maximum atomic E-state index is 5.40. The summed E-state index contributed by atoms with van der Waals surface area (Å²) in [7, 11) is 1.77. The van der Waals surface area contributed by atoms with Crippen LogP contribution in [0.3, 0.4) is 0 Å². The van der Waals surface area contributed by atoms with Crippen molar-refractivity contribution in [3.63, 3.8) is 0 Å². The number of halogens is 1. The molecule has 0 fully saturated rings. The maximum absolute atomic E-state index is 5.40. The average Bonchev–Trinajstić information content (AvgIpc) is 2.99. The number of ether oxygens (including phenoxy) is 1. The fourth-order valence-corrected chi connectivity index (χ4v) is 2.75. The lowest BCUT2D eigenvalue weighted by Gasteiger charge is -2.11. The van der Waals surface area contributed by atoms with E-state index in [2.05, 4.69) is 51.8 Å². The summed E-state index contributed by atoms with van der Waals surface area (Å²) >= 11 is 1.69. The van der Waals surface area contributed by atoms with E-state index in [1.165, 1.54) is 16.0 Å². The molecule has 0 spiro atoms. The van der Waals surface area contributed by atoms with Crippen LogP contribution in [0.2, 0.25) is 0 Å². The van der Waals surface area contributed by atoms with E-state index in [0.29, 0.717) is 13.2 Å². The van der Waals surface area contributed by atoms with Gasteiger partial charge in [0, 0.05) is 31.3 Å². The Bertz CT molecular complexity index is 628. The second-order valence-corrected chi connectivity index (χ2v) is 6.42. The minimum atomic E-state index is 0. The fourth-order valence-electron chi connectivity index (χ4n) is 2.02. The molecule has 0 amide bonds. The van der Waals surface area contributed by atoms with E-state index >= 15 is 0 Å². The summed E-state index contributed by atoms with van der Waals surface area (Å²) in [6.07, 6.45) is 1.89. The topological polar surface area (TPSA) is 58.5 Å². The third kappa shape index (κ3) is 7.14. The molecule has 0 aliphatic heterocycles. The highest BCUT2D eigenvalue weighted by molar-refractivity contribution is 14.0. The van der Waals surface area contributed by atoms with Crippen molar-refractivity contribution < 1.29 is 4.74 Å². The van der Waals surface area contributed by atoms with E-state index in [9.17, 15) is 0 Å². The van der Waals surface area contributed by atoms with Crippen molar-refractivity contribution in [2.45, 2.75) is 33.5 Å². The predicted molar refractivity (Wildman–Crippen MR) is 111 cm³/mol. The van der Waals surface area contributed by atoms with Gasteiger partial charge in [0.1, 0.15) is 5.01 Å². The highest BCUT2D eigenvalue weighted by Crippen LogP contribution is 2.10. The lowest BCUT2D eigenvalue weighted by molar-refractivity contribution is 0.134. The Morgan fingerprint density at radius 1 is 1.17 bits per heavy atom. The number of benzene rings is 1. The van der Waals surface area contributed by atoms with E-state index in [-0.39, 0.29) is 24.0 Å². The summed E-state index contributed by atoms with van der Waals surface area (Å²) in [5.74, 6) is 0.774. The van der Waals surface area contributed by atoms with E-state index in [4.69, 9.17) is 4.74 Å². The number of aromatic nitrogens is 1. The first kappa shape index (κ1) is 20.9. The smallest absolute Gasteiger partial charge is 0.191 e. The zero-order valence-corrected chi connectivity index (χ0v) is 17.5. The van der Waals surface area contributed by atoms with Crippen LogP contribution >= 0.6 is 35.3 Å². The maximum Gasteiger partial charge on any atom is 0.191 e. The van der Waals surface area contributed by atoms with Gasteiger partial charge in [-0.25, -0.2) is 4.98 Å². The van der Waals surface area contributed by atoms with Crippen LogP contribution < -0.4 is 10.6 Å². The van der Waals surface area contributed by atoms with Crippen LogP contribution in [0.1, 0.15) is 27.9 Å². The quantitative estimate of drug-likeness (QED) is 0.378. The van der Waals surface area contributed by atoms with Gasteiger partial charge < -0.3 is 15.4 Å². The minimum Gasteiger partial charge on any atom is -0.377 e. The molecule has 0 aliphatic carbocycles. The molecule has 1 aromatic heterocycles. The van der Waals surface area contributed by atoms with E-state index in [0.717, 1.165) is 24.1 Å². The van der Waals surface area contributed by atoms with Crippen LogP contribution in [0.15, 0.2) is 35.5 Å². The van der Waals surface area contributed by atoms with Crippen LogP contribution in [0.4, 0.5) is 0 Å². The Morgan fingerprint density at radius 3 is 2.42 bits per heavy atom. The average molecular weight is 460 g/mol. The standard InChI is InChI=1S/C17H24N4OS.HI/c1-4-22-12-15-7-5-14(6-8-15)10-20-17(18-3)21-11-16-19-9-13(2)23-16;/h5-9H,4,10-12H2,1-3H3,(H2,18,20,21);1H. The van der Waals surface area contributed by atoms with Crippen LogP contribution in [-0.4, -0.2) is 24.6 Å². The first-order chi connectivity index (χ1) is 11.2. The van der Waals surface area contributed by atoms with E-state index in [1.807, 2.05) is 13.1 Å². The first-order valence-electron chi connectivity index (χ1n) is 7.72. The van der Waals surface area contributed by atoms with Crippen LogP contribution in [-0.2, 0) is 24.4 Å². The molecule has 0 saturated heterocycles. The van der Waals surface area contributed by atoms with Crippen molar-refractivity contribution in [3.8, 4) is 0 Å². The number of rotatable bonds is 7. The summed E-state index contributed by atoms with van der Waals surface area (Å²) in [5.41, 5.74) is 2.40. The van der Waals surface area contributed by atoms with Gasteiger partial charge in [0.15, 0.2) is 5.96 Å². The number of guanidine groups is 1. The lowest BCUT2D eigenvalue weighted by Crippen LogP contribution is -2.36. The number of thiazole rings is 1. The van der Waals surface area contributed by atoms with Crippen molar-refractivity contribution in [3.05, 3.63) is 51.5 Å². The van der Waals surface area contributed by atoms with Gasteiger partial charge in [-0.1, -0.05) is 24.3 Å². The Morgan fingerprint density at radius 2 is 1.83 bits per heavy atom. The summed E-state index contributed by atoms with van der Waals surface area (Å²) < 4.78 is 5.40. The lowest BCUT2D eigenvalue weighted by atomic mass is 10.1. The molecule has 1 aromatic carbocycles. The number of aliphatic imine (C=N–C) groups is 1. The van der Waals surface area contributed by atoms with Crippen LogP contribution in [0.25, 0.3) is 0 Å². The van der Waals surface area contributed by atoms with Gasteiger partial charge >= 0.3 is 0 Å². The van der Waals surface area contributed by atoms with Gasteiger partial charge in [-0.05, 0) is 25.0 Å². The predicted octanol–water partition coefficient (Wildman–Crippen LogP) is 3.47. The molecular formula is C17H25IN4OS. The third-order valence-corrected chi connectivity index (χ3v) is 4.17. The van der Waals surface area contributed by atoms with Crippen molar-refractivity contribution in [1.29, 1.82) is 0 Å². The number of aryl methyl sites for hydroxylation is 1. The second-order valence-electron chi connectivity index (χ2n) is 5.10. The zero-order valence-electron chi connectivity index (χ0n) is 14.3. The van der Waals surface area contributed by atoms with Crippen LogP contribution in [0.5, 0.6) is 0 Å². The highest BCUT2D eigenvalue weighted by Gasteiger charge is 2.02. The molecule has 7 heteroatoms. The molecule has 1 heterocycles. The molecule has 24 heavy (non-hydrogen) atoms. The molecule has 0 atom stereocenters. The molecule has 2 aromatic rings. The molecule has 0 aliphatic rings. The monoisotopic (exact) mass is 460 g/mol. The molecule has 0 saturated carbocycles. The summed E-state index contributed by atoms with van der Waals surface area (Å²) in [4.78, 5) is 9.79. The fraction of sp³-hybridized carbons (Fsp3) is 0.412. The number of hydrogen-bond acceptors (Lipinski definition) is 4. The number of nitrogens with one attached hydrogen (secondary N) is 2. The number of nitrogens with zero attached hydrogens (tertiary/aromatic N) is 2. The van der Waals surface area contributed by atoms with Gasteiger partial charge in [-0.15, -0.1) is 35.3 Å². The second kappa shape index (κ2) is 11.4. The molecular weight excluding hydrogens is 435 g/mol. The van der Waals surface area contributed by atoms with Gasteiger partial charge in [0.25, 0.3) is 0 Å². The Balaban J connectivity index is 0.00000288. The Hall–Kier alpha value is -1.19. The summed E-state index contributed by atoms with van der Waals surface area (Å²) in [5, 5.41) is 7.65. The van der Waals surface area contributed by atoms with Crippen molar-refractivity contribution in [2.24, 2.45) is 4.99 Å². The molecule has 0 radical (unpaired) electrons. The third-order valence-electron chi connectivity index (χ3n) is 3.26. The van der Waals surface area contributed by atoms with Gasteiger partial charge in [0.05, 0.1) is 13.2 Å². The van der Waals surface area contributed by atoms with E-state index < -0.39 is 0 Å².